The summed E-state index contributed by atoms with van der Waals surface area (Å²) in [4.78, 5) is 63.5. The lowest BCUT2D eigenvalue weighted by atomic mass is 9.78. The Hall–Kier alpha value is -4.14. The number of Topliss-reactive ketones (excluding diaryl/α,β-unsaturated/α-hetero) is 1. The van der Waals surface area contributed by atoms with Gasteiger partial charge in [-0.3, -0.25) is 29.3 Å². The van der Waals surface area contributed by atoms with Crippen LogP contribution in [0.25, 0.3) is 0 Å². The van der Waals surface area contributed by atoms with Gasteiger partial charge in [0.1, 0.15) is 6.54 Å². The van der Waals surface area contributed by atoms with Crippen molar-refractivity contribution in [2.45, 2.75) is 20.3 Å². The Balaban J connectivity index is 1.70. The molecule has 0 unspecified atom stereocenters. The molecule has 0 saturated carbocycles. The van der Waals surface area contributed by atoms with Gasteiger partial charge in [0.15, 0.2) is 5.78 Å². The van der Waals surface area contributed by atoms with Gasteiger partial charge in [-0.2, -0.15) is 5.01 Å². The van der Waals surface area contributed by atoms with E-state index in [9.17, 15) is 29.3 Å². The summed E-state index contributed by atoms with van der Waals surface area (Å²) in [6, 6.07) is 11.5. The Labute approximate surface area is 195 Å². The number of carbonyl (C=O) groups excluding carboxylic acids is 4. The number of allylic oxidation sites excluding steroid dienone is 2. The van der Waals surface area contributed by atoms with Crippen LogP contribution >= 0.6 is 0 Å². The van der Waals surface area contributed by atoms with E-state index in [1.54, 1.807) is 24.3 Å². The highest BCUT2D eigenvalue weighted by molar-refractivity contribution is 6.09. The summed E-state index contributed by atoms with van der Waals surface area (Å²) in [5.74, 6) is -3.68. The molecule has 1 aliphatic carbocycles. The number of imide groups is 1. The molecule has 9 heteroatoms. The summed E-state index contributed by atoms with van der Waals surface area (Å²) in [5.41, 5.74) is 1.09. The minimum atomic E-state index is -0.767. The van der Waals surface area contributed by atoms with E-state index in [1.807, 2.05) is 26.0 Å². The topological polar surface area (TPSA) is 118 Å². The maximum Gasteiger partial charge on any atom is 0.273 e. The van der Waals surface area contributed by atoms with Crippen LogP contribution < -0.4 is 0 Å². The molecule has 174 valence electrons. The Morgan fingerprint density at radius 1 is 1.03 bits per heavy atom. The molecular formula is C25H23N3O6. The molecule has 2 aromatic carbocycles. The third kappa shape index (κ3) is 4.12. The van der Waals surface area contributed by atoms with Crippen LogP contribution in [0.1, 0.15) is 39.6 Å². The number of nitrogens with zero attached hydrogens (tertiary/aromatic N) is 3. The molecule has 4 rings (SSSR count). The van der Waals surface area contributed by atoms with E-state index in [0.717, 1.165) is 27.7 Å². The number of carbonyl (C=O) groups is 4. The summed E-state index contributed by atoms with van der Waals surface area (Å²) in [7, 11) is 0. The van der Waals surface area contributed by atoms with Gasteiger partial charge in [-0.05, 0) is 31.4 Å². The predicted molar refractivity (Wildman–Crippen MR) is 121 cm³/mol. The number of ketones is 1. The fraction of sp³-hybridized carbons (Fsp3) is 0.280. The predicted octanol–water partition coefficient (Wildman–Crippen LogP) is 3.34. The number of hydrogen-bond donors (Lipinski definition) is 0. The van der Waals surface area contributed by atoms with Crippen molar-refractivity contribution in [3.05, 3.63) is 87.5 Å². The van der Waals surface area contributed by atoms with Crippen LogP contribution in [-0.2, 0) is 9.59 Å². The molecule has 1 heterocycles. The van der Waals surface area contributed by atoms with Crippen LogP contribution in [0, 0.1) is 34.8 Å². The van der Waals surface area contributed by atoms with Gasteiger partial charge in [0.25, 0.3) is 23.4 Å². The highest BCUT2D eigenvalue weighted by Gasteiger charge is 2.53. The van der Waals surface area contributed by atoms with Gasteiger partial charge < -0.3 is 0 Å². The van der Waals surface area contributed by atoms with Gasteiger partial charge in [-0.1, -0.05) is 48.9 Å². The molecule has 0 radical (unpaired) electrons. The van der Waals surface area contributed by atoms with Gasteiger partial charge in [0.2, 0.25) is 0 Å². The number of hydrazine groups is 1. The number of benzene rings is 2. The molecule has 3 amide bonds. The standard InChI is InChI=1S/C25H23N3O6/c1-15-6-8-17(9-7-15)21(29)14-26(23(30)18-10-12-19(13-11-18)28(33)34)27-24(31)20-5-3-4-16(2)22(20)25(27)32/h3-4,6-13,16,20,22H,5,14H2,1-2H3/t16-,20+,22+/m0/s1. The average Bonchev–Trinajstić information content (AvgIpc) is 3.08. The van der Waals surface area contributed by atoms with E-state index < -0.39 is 46.8 Å². The second-order valence-electron chi connectivity index (χ2n) is 8.60. The SMILES string of the molecule is Cc1ccc(C(=O)CN(C(=O)c2ccc([N+](=O)[O-])cc2)N2C(=O)[C@@H]3[C@@H](C)C=CC[C@H]3C2=O)cc1. The molecule has 0 N–H and O–H groups in total. The minimum Gasteiger partial charge on any atom is -0.292 e. The normalized spacial score (nSPS) is 21.4. The van der Waals surface area contributed by atoms with Crippen LogP contribution in [-0.4, -0.2) is 45.0 Å². The van der Waals surface area contributed by atoms with E-state index in [0.29, 0.717) is 12.0 Å². The summed E-state index contributed by atoms with van der Waals surface area (Å²) in [5, 5.41) is 12.6. The number of nitro benzene ring substituents is 1. The van der Waals surface area contributed by atoms with Crippen molar-refractivity contribution in [3.8, 4) is 0 Å². The maximum atomic E-state index is 13.5. The van der Waals surface area contributed by atoms with Crippen molar-refractivity contribution in [2.75, 3.05) is 6.54 Å². The van der Waals surface area contributed by atoms with Crippen molar-refractivity contribution < 1.29 is 24.1 Å². The first-order chi connectivity index (χ1) is 16.2. The number of fused-ring (bicyclic) bond motifs is 1. The first-order valence-corrected chi connectivity index (χ1v) is 10.9. The highest BCUT2D eigenvalue weighted by Crippen LogP contribution is 2.39. The Kier molecular flexibility index (Phi) is 6.10. The van der Waals surface area contributed by atoms with E-state index in [4.69, 9.17) is 0 Å². The fourth-order valence-corrected chi connectivity index (χ4v) is 4.44. The molecule has 2 aromatic rings. The molecule has 0 spiro atoms. The zero-order chi connectivity index (χ0) is 24.6. The summed E-state index contributed by atoms with van der Waals surface area (Å²) in [6.45, 7) is 3.18. The Morgan fingerprint density at radius 3 is 2.24 bits per heavy atom. The first kappa shape index (κ1) is 23.0. The quantitative estimate of drug-likeness (QED) is 0.214. The van der Waals surface area contributed by atoms with Crippen LogP contribution in [0.4, 0.5) is 5.69 Å². The average molecular weight is 461 g/mol. The molecule has 2 aliphatic rings. The summed E-state index contributed by atoms with van der Waals surface area (Å²) in [6.07, 6.45) is 4.10. The molecule has 1 fully saturated rings. The Bertz CT molecular complexity index is 1200. The Morgan fingerprint density at radius 2 is 1.65 bits per heavy atom. The highest BCUT2D eigenvalue weighted by atomic mass is 16.6. The lowest BCUT2D eigenvalue weighted by Crippen LogP contribution is -2.52. The van der Waals surface area contributed by atoms with Crippen LogP contribution in [0.3, 0.4) is 0 Å². The van der Waals surface area contributed by atoms with Crippen LogP contribution in [0.15, 0.2) is 60.7 Å². The molecule has 34 heavy (non-hydrogen) atoms. The van der Waals surface area contributed by atoms with E-state index >= 15 is 0 Å². The molecule has 0 aromatic heterocycles. The maximum absolute atomic E-state index is 13.5. The second kappa shape index (κ2) is 9.01. The van der Waals surface area contributed by atoms with Gasteiger partial charge in [0.05, 0.1) is 16.8 Å². The second-order valence-corrected chi connectivity index (χ2v) is 8.60. The number of aryl methyl sites for hydroxylation is 1. The number of non-ortho nitro benzene ring substituents is 1. The van der Waals surface area contributed by atoms with Crippen molar-refractivity contribution in [1.29, 1.82) is 0 Å². The lowest BCUT2D eigenvalue weighted by molar-refractivity contribution is -0.384. The van der Waals surface area contributed by atoms with Crippen molar-refractivity contribution in [3.63, 3.8) is 0 Å². The molecule has 3 atom stereocenters. The van der Waals surface area contributed by atoms with E-state index in [1.165, 1.54) is 12.1 Å². The number of rotatable bonds is 6. The molecular weight excluding hydrogens is 438 g/mol. The zero-order valence-corrected chi connectivity index (χ0v) is 18.7. The monoisotopic (exact) mass is 461 g/mol. The molecule has 1 saturated heterocycles. The fourth-order valence-electron chi connectivity index (χ4n) is 4.44. The molecule has 1 aliphatic heterocycles. The van der Waals surface area contributed by atoms with Gasteiger partial charge in [0, 0.05) is 23.3 Å². The largest absolute Gasteiger partial charge is 0.292 e. The minimum absolute atomic E-state index is 0.0175. The lowest BCUT2D eigenvalue weighted by Gasteiger charge is -2.30. The van der Waals surface area contributed by atoms with Crippen molar-refractivity contribution >= 4 is 29.2 Å². The van der Waals surface area contributed by atoms with Gasteiger partial charge in [-0.25, -0.2) is 5.01 Å². The molecule has 0 bridgehead atoms. The van der Waals surface area contributed by atoms with Crippen molar-refractivity contribution in [2.24, 2.45) is 17.8 Å². The smallest absolute Gasteiger partial charge is 0.273 e. The van der Waals surface area contributed by atoms with Crippen molar-refractivity contribution in [1.82, 2.24) is 10.0 Å². The number of hydrogen-bond acceptors (Lipinski definition) is 6. The van der Waals surface area contributed by atoms with Gasteiger partial charge >= 0.3 is 0 Å². The van der Waals surface area contributed by atoms with E-state index in [2.05, 4.69) is 0 Å². The van der Waals surface area contributed by atoms with Gasteiger partial charge in [-0.15, -0.1) is 0 Å². The zero-order valence-electron chi connectivity index (χ0n) is 18.7. The first-order valence-electron chi connectivity index (χ1n) is 10.9. The van der Waals surface area contributed by atoms with E-state index in [-0.39, 0.29) is 17.2 Å². The summed E-state index contributed by atoms with van der Waals surface area (Å²) < 4.78 is 0. The summed E-state index contributed by atoms with van der Waals surface area (Å²) >= 11 is 0. The number of amides is 3. The molecule has 9 nitrogen and oxygen atoms in total. The third-order valence-corrected chi connectivity index (χ3v) is 6.32. The third-order valence-electron chi connectivity index (χ3n) is 6.32. The van der Waals surface area contributed by atoms with Crippen LogP contribution in [0.2, 0.25) is 0 Å². The van der Waals surface area contributed by atoms with Crippen LogP contribution in [0.5, 0.6) is 0 Å². The number of nitro groups is 1.